The lowest BCUT2D eigenvalue weighted by Crippen LogP contribution is -2.61. The van der Waals surface area contributed by atoms with E-state index in [-0.39, 0.29) is 25.4 Å². The summed E-state index contributed by atoms with van der Waals surface area (Å²) in [7, 11) is -3.86. The van der Waals surface area contributed by atoms with Gasteiger partial charge in [-0.25, -0.2) is 13.1 Å². The summed E-state index contributed by atoms with van der Waals surface area (Å²) in [5.41, 5.74) is 1.22. The predicted octanol–water partition coefficient (Wildman–Crippen LogP) is 1.13. The maximum atomic E-state index is 12.5. The molecule has 0 bridgehead atoms. The lowest BCUT2D eigenvalue weighted by Gasteiger charge is -2.39. The lowest BCUT2D eigenvalue weighted by atomic mass is 10.1. The van der Waals surface area contributed by atoms with Crippen molar-refractivity contribution in [2.75, 3.05) is 13.1 Å². The van der Waals surface area contributed by atoms with E-state index >= 15 is 0 Å². The van der Waals surface area contributed by atoms with E-state index in [4.69, 9.17) is 0 Å². The molecule has 142 valence electrons. The van der Waals surface area contributed by atoms with Crippen LogP contribution in [0.2, 0.25) is 0 Å². The normalized spacial score (nSPS) is 15.8. The summed E-state index contributed by atoms with van der Waals surface area (Å²) in [4.78, 5) is 25.2. The van der Waals surface area contributed by atoms with E-state index in [1.165, 1.54) is 4.90 Å². The van der Waals surface area contributed by atoms with Crippen molar-refractivity contribution in [3.05, 3.63) is 71.8 Å². The highest BCUT2D eigenvalue weighted by molar-refractivity contribution is 7.90. The van der Waals surface area contributed by atoms with Crippen LogP contribution < -0.4 is 4.72 Å². The molecule has 1 aliphatic rings. The molecule has 8 heteroatoms. The van der Waals surface area contributed by atoms with Gasteiger partial charge in [0.05, 0.1) is 0 Å². The number of hydrogen-bond donors (Lipinski definition) is 2. The Hall–Kier alpha value is -2.71. The van der Waals surface area contributed by atoms with E-state index in [1.807, 2.05) is 0 Å². The molecule has 1 fully saturated rings. The van der Waals surface area contributed by atoms with Gasteiger partial charge in [0.25, 0.3) is 5.91 Å². The van der Waals surface area contributed by atoms with Gasteiger partial charge in [-0.2, -0.15) is 0 Å². The molecule has 2 N–H and O–H groups in total. The number of sulfonamides is 1. The van der Waals surface area contributed by atoms with Crippen LogP contribution in [0.5, 0.6) is 0 Å². The standard InChI is InChI=1S/C19H20N2O5S/c22-18(15-9-5-2-6-10-15)21-12-16(13-21)27(25,26)20-17(19(23)24)11-14-7-3-1-4-8-14/h1-10,16-17,20H,11-13H2,(H,23,24)/t17-/m0/s1. The van der Waals surface area contributed by atoms with E-state index < -0.39 is 27.3 Å². The molecule has 1 aliphatic heterocycles. The van der Waals surface area contributed by atoms with Gasteiger partial charge in [-0.3, -0.25) is 9.59 Å². The van der Waals surface area contributed by atoms with E-state index in [0.717, 1.165) is 5.56 Å². The molecule has 27 heavy (non-hydrogen) atoms. The third-order valence-corrected chi connectivity index (χ3v) is 6.27. The molecule has 0 aromatic heterocycles. The summed E-state index contributed by atoms with van der Waals surface area (Å²) in [6.45, 7) is 0.0848. The van der Waals surface area contributed by atoms with Crippen molar-refractivity contribution in [2.24, 2.45) is 0 Å². The minimum Gasteiger partial charge on any atom is -0.480 e. The van der Waals surface area contributed by atoms with Crippen molar-refractivity contribution in [1.82, 2.24) is 9.62 Å². The fraction of sp³-hybridized carbons (Fsp3) is 0.263. The van der Waals surface area contributed by atoms with Crippen LogP contribution in [0.1, 0.15) is 15.9 Å². The van der Waals surface area contributed by atoms with Gasteiger partial charge in [0, 0.05) is 18.7 Å². The molecule has 1 amide bonds. The maximum absolute atomic E-state index is 12.5. The molecular formula is C19H20N2O5S. The van der Waals surface area contributed by atoms with Gasteiger partial charge in [0.15, 0.2) is 0 Å². The van der Waals surface area contributed by atoms with Gasteiger partial charge in [0.2, 0.25) is 10.0 Å². The molecular weight excluding hydrogens is 368 g/mol. The van der Waals surface area contributed by atoms with E-state index in [2.05, 4.69) is 4.72 Å². The number of rotatable bonds is 7. The number of aliphatic carboxylic acids is 1. The Balaban J connectivity index is 1.61. The van der Waals surface area contributed by atoms with Crippen LogP contribution in [0.4, 0.5) is 0 Å². The first-order chi connectivity index (χ1) is 12.9. The van der Waals surface area contributed by atoms with Crippen molar-refractivity contribution in [1.29, 1.82) is 0 Å². The first-order valence-corrected chi connectivity index (χ1v) is 10.0. The number of hydrogen-bond acceptors (Lipinski definition) is 4. The van der Waals surface area contributed by atoms with E-state index in [1.54, 1.807) is 60.7 Å². The predicted molar refractivity (Wildman–Crippen MR) is 99.8 cm³/mol. The van der Waals surface area contributed by atoms with Crippen LogP contribution in [0, 0.1) is 0 Å². The Morgan fingerprint density at radius 1 is 1.04 bits per heavy atom. The molecule has 2 aromatic carbocycles. The van der Waals surface area contributed by atoms with Crippen molar-refractivity contribution < 1.29 is 23.1 Å². The number of amides is 1. The molecule has 0 unspecified atom stereocenters. The maximum Gasteiger partial charge on any atom is 0.322 e. The molecule has 3 rings (SSSR count). The number of nitrogens with zero attached hydrogens (tertiary/aromatic N) is 1. The zero-order chi connectivity index (χ0) is 19.4. The first-order valence-electron chi connectivity index (χ1n) is 8.49. The van der Waals surface area contributed by atoms with Gasteiger partial charge >= 0.3 is 5.97 Å². The molecule has 0 radical (unpaired) electrons. The highest BCUT2D eigenvalue weighted by atomic mass is 32.2. The number of nitrogens with one attached hydrogen (secondary N) is 1. The molecule has 2 aromatic rings. The molecule has 1 heterocycles. The van der Waals surface area contributed by atoms with Crippen LogP contribution in [0.3, 0.4) is 0 Å². The fourth-order valence-corrected chi connectivity index (χ4v) is 4.41. The quantitative estimate of drug-likeness (QED) is 0.740. The summed E-state index contributed by atoms with van der Waals surface area (Å²) in [6, 6.07) is 16.2. The lowest BCUT2D eigenvalue weighted by molar-refractivity contribution is -0.138. The van der Waals surface area contributed by atoms with E-state index in [0.29, 0.717) is 5.56 Å². The van der Waals surface area contributed by atoms with Crippen molar-refractivity contribution >= 4 is 21.9 Å². The number of carboxylic acids is 1. The van der Waals surface area contributed by atoms with Crippen molar-refractivity contribution in [2.45, 2.75) is 17.7 Å². The molecule has 1 saturated heterocycles. The molecule has 1 atom stereocenters. The summed E-state index contributed by atoms with van der Waals surface area (Å²) in [6.07, 6.45) is 0.0504. The SMILES string of the molecule is O=C(O)[C@H](Cc1ccccc1)NS(=O)(=O)C1CN(C(=O)c2ccccc2)C1. The van der Waals surface area contributed by atoms with Crippen LogP contribution >= 0.6 is 0 Å². The summed E-state index contributed by atoms with van der Waals surface area (Å²) >= 11 is 0. The Labute approximate surface area is 157 Å². The zero-order valence-electron chi connectivity index (χ0n) is 14.5. The molecule has 7 nitrogen and oxygen atoms in total. The summed E-state index contributed by atoms with van der Waals surface area (Å²) < 4.78 is 27.3. The summed E-state index contributed by atoms with van der Waals surface area (Å²) in [5.74, 6) is -1.47. The van der Waals surface area contributed by atoms with Gasteiger partial charge < -0.3 is 10.0 Å². The van der Waals surface area contributed by atoms with Crippen LogP contribution in [0.15, 0.2) is 60.7 Å². The Morgan fingerprint density at radius 2 is 1.59 bits per heavy atom. The first kappa shape index (κ1) is 19.1. The largest absolute Gasteiger partial charge is 0.480 e. The van der Waals surface area contributed by atoms with Crippen LogP contribution in [-0.2, 0) is 21.2 Å². The smallest absolute Gasteiger partial charge is 0.322 e. The van der Waals surface area contributed by atoms with Crippen molar-refractivity contribution in [3.8, 4) is 0 Å². The number of likely N-dealkylation sites (tertiary alicyclic amines) is 1. The number of carboxylic acid groups (broad SMARTS) is 1. The third kappa shape index (κ3) is 4.53. The van der Waals surface area contributed by atoms with E-state index in [9.17, 15) is 23.1 Å². The second-order valence-electron chi connectivity index (χ2n) is 6.44. The van der Waals surface area contributed by atoms with Gasteiger partial charge in [-0.15, -0.1) is 0 Å². The topological polar surface area (TPSA) is 104 Å². The average molecular weight is 388 g/mol. The highest BCUT2D eigenvalue weighted by Crippen LogP contribution is 2.19. The van der Waals surface area contributed by atoms with Gasteiger partial charge in [-0.1, -0.05) is 48.5 Å². The Bertz CT molecular complexity index is 910. The van der Waals surface area contributed by atoms with Crippen molar-refractivity contribution in [3.63, 3.8) is 0 Å². The average Bonchev–Trinajstić information content (AvgIpc) is 2.61. The monoisotopic (exact) mass is 388 g/mol. The number of carbonyl (C=O) groups is 2. The number of benzene rings is 2. The molecule has 0 spiro atoms. The highest BCUT2D eigenvalue weighted by Gasteiger charge is 2.41. The van der Waals surface area contributed by atoms with Crippen LogP contribution in [0.25, 0.3) is 0 Å². The Kier molecular flexibility index (Phi) is 5.57. The molecule has 0 aliphatic carbocycles. The number of carbonyl (C=O) groups excluding carboxylic acids is 1. The zero-order valence-corrected chi connectivity index (χ0v) is 15.3. The minimum absolute atomic E-state index is 0.0424. The second-order valence-corrected chi connectivity index (χ2v) is 8.43. The summed E-state index contributed by atoms with van der Waals surface area (Å²) in [5, 5.41) is 8.55. The van der Waals surface area contributed by atoms with Gasteiger partial charge in [0.1, 0.15) is 11.3 Å². The third-order valence-electron chi connectivity index (χ3n) is 4.48. The Morgan fingerprint density at radius 3 is 2.15 bits per heavy atom. The minimum atomic E-state index is -3.86. The van der Waals surface area contributed by atoms with Gasteiger partial charge in [-0.05, 0) is 24.1 Å². The molecule has 0 saturated carbocycles. The fourth-order valence-electron chi connectivity index (χ4n) is 2.89. The van der Waals surface area contributed by atoms with Crippen LogP contribution in [-0.4, -0.2) is 54.7 Å². The second kappa shape index (κ2) is 7.89.